The fourth-order valence-electron chi connectivity index (χ4n) is 6.98. The van der Waals surface area contributed by atoms with E-state index in [1.807, 2.05) is 51.1 Å². The number of nitrogens with zero attached hydrogens (tertiary/aromatic N) is 2. The molecule has 0 atom stereocenters. The summed E-state index contributed by atoms with van der Waals surface area (Å²) in [7, 11) is 0. The molecule has 3 aliphatic rings. The third-order valence-corrected chi connectivity index (χ3v) is 10.3. The number of rotatable bonds is 13. The quantitative estimate of drug-likeness (QED) is 0.0906. The van der Waals surface area contributed by atoms with E-state index in [1.54, 1.807) is 19.1 Å². The molecule has 2 aromatic rings. The lowest BCUT2D eigenvalue weighted by atomic mass is 9.81. The van der Waals surface area contributed by atoms with Crippen LogP contribution in [-0.4, -0.2) is 54.7 Å². The Morgan fingerprint density at radius 2 is 1.58 bits per heavy atom. The molecule has 0 saturated heterocycles. The van der Waals surface area contributed by atoms with Gasteiger partial charge in [-0.05, 0) is 98.2 Å². The molecule has 10 nitrogen and oxygen atoms in total. The average molecular weight is 719 g/mol. The number of fused-ring (bicyclic) bond motifs is 8. The Balaban J connectivity index is 1.80. The number of hydrogen-bond acceptors (Lipinski definition) is 6. The first-order chi connectivity index (χ1) is 25.2. The summed E-state index contributed by atoms with van der Waals surface area (Å²) in [5, 5.41) is 19.5. The van der Waals surface area contributed by atoms with E-state index in [-0.39, 0.29) is 25.2 Å². The molecule has 0 radical (unpaired) electrons. The van der Waals surface area contributed by atoms with Gasteiger partial charge in [0.05, 0.1) is 35.8 Å². The molecule has 0 aliphatic carbocycles. The van der Waals surface area contributed by atoms with Crippen molar-refractivity contribution in [3.63, 3.8) is 0 Å². The number of esters is 1. The number of ether oxygens (including phenoxy) is 1. The number of hydrogen-bond donors (Lipinski definition) is 4. The Bertz CT molecular complexity index is 2190. The zero-order valence-electron chi connectivity index (χ0n) is 31.8. The number of carbonyl (C=O) groups is 3. The van der Waals surface area contributed by atoms with Crippen LogP contribution in [0.15, 0.2) is 54.6 Å². The molecule has 3 aliphatic heterocycles. The van der Waals surface area contributed by atoms with Gasteiger partial charge in [-0.25, -0.2) is 14.8 Å². The summed E-state index contributed by atoms with van der Waals surface area (Å²) in [6.07, 6.45) is 9.54. The fourth-order valence-corrected chi connectivity index (χ4v) is 6.98. The number of aromatic amines is 2. The molecular formula is C43H50N4O6. The second-order valence-electron chi connectivity index (χ2n) is 14.4. The molecule has 0 unspecified atom stereocenters. The minimum atomic E-state index is -0.988. The van der Waals surface area contributed by atoms with Gasteiger partial charge in [0.25, 0.3) is 0 Å². The Morgan fingerprint density at radius 3 is 2.26 bits per heavy atom. The number of nitrogens with one attached hydrogen (secondary N) is 2. The van der Waals surface area contributed by atoms with E-state index >= 15 is 0 Å². The number of aromatic nitrogens is 4. The second kappa shape index (κ2) is 16.0. The average Bonchev–Trinajstić information content (AvgIpc) is 3.73. The molecule has 0 aromatic carbocycles. The number of H-pyrrole nitrogens is 2. The maximum Gasteiger partial charge on any atom is 0.333 e. The number of allylic oxidation sites excluding steroid dienone is 7. The van der Waals surface area contributed by atoms with Crippen LogP contribution in [-0.2, 0) is 31.0 Å². The first-order valence-electron chi connectivity index (χ1n) is 18.2. The summed E-state index contributed by atoms with van der Waals surface area (Å²) in [5.41, 5.74) is 11.2. The predicted molar refractivity (Wildman–Crippen MR) is 210 cm³/mol. The summed E-state index contributed by atoms with van der Waals surface area (Å²) < 4.78 is 5.54. The lowest BCUT2D eigenvalue weighted by Crippen LogP contribution is -2.15. The largest absolute Gasteiger partial charge is 0.481 e. The molecule has 10 heteroatoms. The first kappa shape index (κ1) is 38.7. The number of carboxylic acid groups (broad SMARTS) is 2. The second-order valence-corrected chi connectivity index (χ2v) is 14.4. The number of carbonyl (C=O) groups excluding carboxylic acids is 1. The lowest BCUT2D eigenvalue weighted by molar-refractivity contribution is -0.139. The highest BCUT2D eigenvalue weighted by molar-refractivity contribution is 5.99. The minimum absolute atomic E-state index is 0.0705. The van der Waals surface area contributed by atoms with Crippen molar-refractivity contribution in [1.82, 2.24) is 19.9 Å². The Labute approximate surface area is 310 Å². The van der Waals surface area contributed by atoms with Crippen LogP contribution in [0, 0.1) is 6.92 Å². The summed E-state index contributed by atoms with van der Waals surface area (Å²) in [5.74, 6) is -2.26. The monoisotopic (exact) mass is 718 g/mol. The maximum absolute atomic E-state index is 12.9. The molecule has 0 fully saturated rings. The van der Waals surface area contributed by atoms with Crippen molar-refractivity contribution >= 4 is 56.8 Å². The van der Waals surface area contributed by atoms with Crippen LogP contribution in [0.2, 0.25) is 0 Å². The van der Waals surface area contributed by atoms with Crippen molar-refractivity contribution in [3.8, 4) is 0 Å². The van der Waals surface area contributed by atoms with Gasteiger partial charge >= 0.3 is 17.9 Å². The Hall–Kier alpha value is -5.51. The summed E-state index contributed by atoms with van der Waals surface area (Å²) in [4.78, 5) is 53.8. The molecule has 53 heavy (non-hydrogen) atoms. The van der Waals surface area contributed by atoms with Crippen LogP contribution >= 0.6 is 0 Å². The van der Waals surface area contributed by atoms with E-state index in [0.29, 0.717) is 34.7 Å². The van der Waals surface area contributed by atoms with Crippen molar-refractivity contribution in [2.45, 2.75) is 98.8 Å². The normalized spacial score (nSPS) is 15.5. The van der Waals surface area contributed by atoms with Gasteiger partial charge in [0.15, 0.2) is 0 Å². The summed E-state index contributed by atoms with van der Waals surface area (Å²) in [6.45, 7) is 18.4. The standard InChI is InChI=1S/C43H50N4O6/c1-9-11-12-13-18-53-42(52)24(3)14-16-31-38-21-34-27(6)30(19-41(50)51)36(45-34)22-35-29(15-17-40(48)49)26(5)33(44-35)20-32-25(4)28(10-2)37(46-32)23-39(47-38)43(31,7)8/h10,14,16,20-23,44,47H,2,9,11-13,15,17-19H2,1,3-8H3,(H,48,49)(H,50,51)/b24-14+,31-16-,32-20?,36-22?,38-21?,39-23?. The predicted octanol–water partition coefficient (Wildman–Crippen LogP) is 9.32. The smallest absolute Gasteiger partial charge is 0.333 e. The van der Waals surface area contributed by atoms with E-state index in [1.165, 1.54) is 0 Å². The minimum Gasteiger partial charge on any atom is -0.481 e. The third-order valence-electron chi connectivity index (χ3n) is 10.3. The van der Waals surface area contributed by atoms with Gasteiger partial charge in [0.2, 0.25) is 0 Å². The highest BCUT2D eigenvalue weighted by Crippen LogP contribution is 2.43. The fraction of sp³-hybridized carbons (Fsp3) is 0.372. The van der Waals surface area contributed by atoms with Gasteiger partial charge in [-0.2, -0.15) is 0 Å². The number of aryl methyl sites for hydroxylation is 2. The topological polar surface area (TPSA) is 158 Å². The van der Waals surface area contributed by atoms with Gasteiger partial charge in [0.1, 0.15) is 0 Å². The molecule has 278 valence electrons. The van der Waals surface area contributed by atoms with Crippen LogP contribution in [0.3, 0.4) is 0 Å². The van der Waals surface area contributed by atoms with E-state index < -0.39 is 17.4 Å². The van der Waals surface area contributed by atoms with Crippen molar-refractivity contribution in [3.05, 3.63) is 99.9 Å². The highest BCUT2D eigenvalue weighted by atomic mass is 16.5. The van der Waals surface area contributed by atoms with Gasteiger partial charge in [0, 0.05) is 45.4 Å². The van der Waals surface area contributed by atoms with E-state index in [0.717, 1.165) is 87.4 Å². The number of aliphatic carboxylic acids is 2. The SMILES string of the molecule is C=CC1=C(C)c2cc3[nH]c(cc4nc(cc5[nH]c(cc1n2)C(C)(C)/C5=C\C=C(/C)C(=O)OCCCCCC)C(C)=C4CC(=O)O)c(CCC(=O)O)c3C. The van der Waals surface area contributed by atoms with Crippen LogP contribution in [0.1, 0.15) is 125 Å². The summed E-state index contributed by atoms with van der Waals surface area (Å²) >= 11 is 0. The number of unbranched alkanes of at least 4 members (excludes halogenated alkanes) is 3. The van der Waals surface area contributed by atoms with Crippen LogP contribution in [0.5, 0.6) is 0 Å². The molecule has 8 bridgehead atoms. The van der Waals surface area contributed by atoms with E-state index in [2.05, 4.69) is 37.3 Å². The molecule has 5 rings (SSSR count). The van der Waals surface area contributed by atoms with Gasteiger partial charge in [-0.1, -0.05) is 64.8 Å². The number of carboxylic acids is 2. The Kier molecular flexibility index (Phi) is 11.7. The molecule has 0 amide bonds. The third kappa shape index (κ3) is 8.27. The zero-order valence-corrected chi connectivity index (χ0v) is 31.8. The van der Waals surface area contributed by atoms with Crippen LogP contribution in [0.4, 0.5) is 0 Å². The maximum atomic E-state index is 12.9. The van der Waals surface area contributed by atoms with Crippen molar-refractivity contribution in [2.75, 3.05) is 6.61 Å². The molecule has 5 heterocycles. The van der Waals surface area contributed by atoms with Crippen molar-refractivity contribution in [1.29, 1.82) is 0 Å². The molecule has 4 N–H and O–H groups in total. The van der Waals surface area contributed by atoms with Gasteiger partial charge in [-0.3, -0.25) is 9.59 Å². The highest BCUT2D eigenvalue weighted by Gasteiger charge is 2.34. The Morgan fingerprint density at radius 1 is 0.887 bits per heavy atom. The van der Waals surface area contributed by atoms with Crippen LogP contribution < -0.4 is 0 Å². The molecule has 0 spiro atoms. The van der Waals surface area contributed by atoms with Crippen molar-refractivity contribution in [2.24, 2.45) is 0 Å². The van der Waals surface area contributed by atoms with Crippen LogP contribution in [0.25, 0.3) is 38.9 Å². The first-order valence-corrected chi connectivity index (χ1v) is 18.2. The van der Waals surface area contributed by atoms with Gasteiger partial charge < -0.3 is 24.9 Å². The van der Waals surface area contributed by atoms with Crippen molar-refractivity contribution < 1.29 is 29.3 Å². The van der Waals surface area contributed by atoms with E-state index in [4.69, 9.17) is 14.7 Å². The lowest BCUT2D eigenvalue weighted by Gasteiger charge is -2.21. The molecular weight excluding hydrogens is 668 g/mol. The molecule has 2 aromatic heterocycles. The molecule has 0 saturated carbocycles. The summed E-state index contributed by atoms with van der Waals surface area (Å²) in [6, 6.07) is 7.72. The zero-order chi connectivity index (χ0) is 38.6. The van der Waals surface area contributed by atoms with Gasteiger partial charge in [-0.15, -0.1) is 0 Å². The van der Waals surface area contributed by atoms with E-state index in [9.17, 15) is 24.6 Å².